The lowest BCUT2D eigenvalue weighted by Gasteiger charge is -2.23. The van der Waals surface area contributed by atoms with Crippen molar-refractivity contribution in [3.8, 4) is 0 Å². The molecular formula is C30H43N7O10. The number of rotatable bonds is 10. The SMILES string of the molecule is COC(O)[C@H](CNC(=O)CNC(=O)c1cccc(N/C(=N/C(=O)OC(C)(C)C)NC(=O)OC(C)(C)C)c1)NC(=O)c1c(C)noc1C. The van der Waals surface area contributed by atoms with E-state index in [1.165, 1.54) is 25.3 Å². The summed E-state index contributed by atoms with van der Waals surface area (Å²) in [5, 5.41) is 26.6. The Hall–Kier alpha value is -5.03. The van der Waals surface area contributed by atoms with Crippen LogP contribution in [0.15, 0.2) is 33.8 Å². The number of alkyl carbamates (subject to hydrolysis) is 1. The first kappa shape index (κ1) is 38.2. The number of aliphatic hydroxyl groups is 1. The van der Waals surface area contributed by atoms with Crippen LogP contribution in [0.3, 0.4) is 0 Å². The number of methoxy groups -OCH3 is 1. The average molecular weight is 662 g/mol. The van der Waals surface area contributed by atoms with E-state index in [4.69, 9.17) is 18.7 Å². The Morgan fingerprint density at radius 2 is 1.64 bits per heavy atom. The summed E-state index contributed by atoms with van der Waals surface area (Å²) in [5.74, 6) is -1.88. The lowest BCUT2D eigenvalue weighted by molar-refractivity contribution is -0.121. The van der Waals surface area contributed by atoms with Crippen LogP contribution in [-0.4, -0.2) is 89.9 Å². The van der Waals surface area contributed by atoms with Crippen LogP contribution in [-0.2, 0) is 19.0 Å². The summed E-state index contributed by atoms with van der Waals surface area (Å²) in [6.45, 7) is 12.4. The Morgan fingerprint density at radius 1 is 0.979 bits per heavy atom. The van der Waals surface area contributed by atoms with Crippen LogP contribution in [0.4, 0.5) is 15.3 Å². The number of aromatic nitrogens is 1. The molecule has 1 heterocycles. The van der Waals surface area contributed by atoms with Crippen LogP contribution < -0.4 is 26.6 Å². The fraction of sp³-hybridized carbons (Fsp3) is 0.500. The molecular weight excluding hydrogens is 618 g/mol. The number of nitrogens with one attached hydrogen (secondary N) is 5. The summed E-state index contributed by atoms with van der Waals surface area (Å²) in [4.78, 5) is 66.6. The highest BCUT2D eigenvalue weighted by Gasteiger charge is 2.26. The number of aryl methyl sites for hydroxylation is 2. The highest BCUT2D eigenvalue weighted by Crippen LogP contribution is 2.14. The molecule has 1 aromatic heterocycles. The van der Waals surface area contributed by atoms with Gasteiger partial charge in [-0.25, -0.2) is 9.59 Å². The van der Waals surface area contributed by atoms with Crippen LogP contribution in [0, 0.1) is 13.8 Å². The predicted octanol–water partition coefficient (Wildman–Crippen LogP) is 2.13. The third-order valence-electron chi connectivity index (χ3n) is 5.69. The quantitative estimate of drug-likeness (QED) is 0.122. The number of benzene rings is 1. The molecule has 2 rings (SSSR count). The lowest BCUT2D eigenvalue weighted by Crippen LogP contribution is -2.52. The number of aliphatic hydroxyl groups excluding tert-OH is 1. The van der Waals surface area contributed by atoms with Crippen LogP contribution in [0.1, 0.15) is 73.7 Å². The summed E-state index contributed by atoms with van der Waals surface area (Å²) in [7, 11) is 1.23. The number of ether oxygens (including phenoxy) is 3. The Kier molecular flexibility index (Phi) is 13.4. The molecule has 0 spiro atoms. The summed E-state index contributed by atoms with van der Waals surface area (Å²) in [6.07, 6.45) is -3.34. The van der Waals surface area contributed by atoms with E-state index in [2.05, 4.69) is 36.7 Å². The minimum absolute atomic E-state index is 0.121. The summed E-state index contributed by atoms with van der Waals surface area (Å²) >= 11 is 0. The molecule has 0 radical (unpaired) electrons. The summed E-state index contributed by atoms with van der Waals surface area (Å²) in [5.41, 5.74) is -0.765. The van der Waals surface area contributed by atoms with E-state index in [9.17, 15) is 29.1 Å². The van der Waals surface area contributed by atoms with Gasteiger partial charge in [0.25, 0.3) is 11.8 Å². The highest BCUT2D eigenvalue weighted by atomic mass is 16.6. The van der Waals surface area contributed by atoms with Gasteiger partial charge >= 0.3 is 12.2 Å². The first-order valence-electron chi connectivity index (χ1n) is 14.5. The van der Waals surface area contributed by atoms with E-state index in [1.54, 1.807) is 61.5 Å². The Balaban J connectivity index is 2.05. The van der Waals surface area contributed by atoms with E-state index in [0.29, 0.717) is 5.69 Å². The number of nitrogens with zero attached hydrogens (tertiary/aromatic N) is 2. The van der Waals surface area contributed by atoms with Gasteiger partial charge < -0.3 is 45.1 Å². The molecule has 0 fully saturated rings. The molecule has 0 saturated carbocycles. The number of carbonyl (C=O) groups is 5. The Morgan fingerprint density at radius 3 is 2.21 bits per heavy atom. The molecule has 2 atom stereocenters. The Labute approximate surface area is 272 Å². The second-order valence-electron chi connectivity index (χ2n) is 12.2. The smallest absolute Gasteiger partial charge is 0.437 e. The number of aliphatic imine (C=N–C) groups is 1. The molecule has 1 aromatic carbocycles. The minimum Gasteiger partial charge on any atom is -0.444 e. The van der Waals surface area contributed by atoms with Gasteiger partial charge in [0.05, 0.1) is 18.3 Å². The largest absolute Gasteiger partial charge is 0.444 e. The zero-order valence-electron chi connectivity index (χ0n) is 27.9. The van der Waals surface area contributed by atoms with E-state index in [0.717, 1.165) is 0 Å². The molecule has 0 bridgehead atoms. The molecule has 6 N–H and O–H groups in total. The molecule has 0 aliphatic heterocycles. The van der Waals surface area contributed by atoms with Gasteiger partial charge in [-0.3, -0.25) is 19.7 Å². The molecule has 0 saturated heterocycles. The van der Waals surface area contributed by atoms with Crippen molar-refractivity contribution in [1.29, 1.82) is 0 Å². The van der Waals surface area contributed by atoms with Crippen molar-refractivity contribution < 1.29 is 47.8 Å². The van der Waals surface area contributed by atoms with Crippen LogP contribution in [0.2, 0.25) is 0 Å². The van der Waals surface area contributed by atoms with E-state index in [1.807, 2.05) is 0 Å². The second-order valence-corrected chi connectivity index (χ2v) is 12.2. The fourth-order valence-electron chi connectivity index (χ4n) is 3.72. The van der Waals surface area contributed by atoms with Crippen LogP contribution in [0.5, 0.6) is 0 Å². The molecule has 17 heteroatoms. The first-order valence-corrected chi connectivity index (χ1v) is 14.5. The molecule has 0 aliphatic carbocycles. The number of hydrogen-bond acceptors (Lipinski definition) is 11. The van der Waals surface area contributed by atoms with E-state index < -0.39 is 60.0 Å². The number of amides is 5. The molecule has 2 aromatic rings. The van der Waals surface area contributed by atoms with Gasteiger partial charge in [-0.1, -0.05) is 11.2 Å². The number of anilines is 1. The summed E-state index contributed by atoms with van der Waals surface area (Å²) in [6, 6.07) is 4.88. The van der Waals surface area contributed by atoms with Gasteiger partial charge in [0.1, 0.15) is 22.5 Å². The standard InChI is InChI=1S/C30H43N7O10/c1-16-22(17(2)47-37-16)24(40)34-20(25(41)44-9)14-31-21(38)15-32-23(39)18-11-10-12-19(13-18)33-26(35-27(42)45-29(3,4)5)36-28(43)46-30(6,7)8/h10-13,20,25,41H,14-15H2,1-9H3,(H,31,38)(H,32,39)(H,34,40)(H2,33,35,36,42,43)/t20-,25?/m0/s1. The van der Waals surface area contributed by atoms with Gasteiger partial charge in [0.2, 0.25) is 11.9 Å². The molecule has 1 unspecified atom stereocenters. The topological polar surface area (TPSA) is 232 Å². The molecule has 17 nitrogen and oxygen atoms in total. The van der Waals surface area contributed by atoms with Crippen molar-refractivity contribution in [2.45, 2.75) is 78.9 Å². The number of carbonyl (C=O) groups excluding carboxylic acids is 5. The first-order chi connectivity index (χ1) is 21.8. The lowest BCUT2D eigenvalue weighted by atomic mass is 10.1. The predicted molar refractivity (Wildman–Crippen MR) is 169 cm³/mol. The molecule has 258 valence electrons. The third kappa shape index (κ3) is 13.5. The van der Waals surface area contributed by atoms with Crippen molar-refractivity contribution in [1.82, 2.24) is 26.4 Å². The fourth-order valence-corrected chi connectivity index (χ4v) is 3.72. The average Bonchev–Trinajstić information content (AvgIpc) is 3.28. The monoisotopic (exact) mass is 661 g/mol. The minimum atomic E-state index is -1.46. The molecule has 47 heavy (non-hydrogen) atoms. The zero-order chi connectivity index (χ0) is 35.5. The van der Waals surface area contributed by atoms with Crippen molar-refractivity contribution in [2.24, 2.45) is 4.99 Å². The number of guanidine groups is 1. The molecule has 0 aliphatic rings. The van der Waals surface area contributed by atoms with Crippen molar-refractivity contribution >= 4 is 41.6 Å². The summed E-state index contributed by atoms with van der Waals surface area (Å²) < 4.78 is 20.3. The third-order valence-corrected chi connectivity index (χ3v) is 5.69. The van der Waals surface area contributed by atoms with Gasteiger partial charge in [-0.05, 0) is 73.6 Å². The number of hydrogen-bond donors (Lipinski definition) is 6. The maximum Gasteiger partial charge on any atom is 0.437 e. The highest BCUT2D eigenvalue weighted by molar-refractivity contribution is 6.07. The van der Waals surface area contributed by atoms with Crippen molar-refractivity contribution in [3.05, 3.63) is 46.8 Å². The van der Waals surface area contributed by atoms with Gasteiger partial charge in [-0.2, -0.15) is 0 Å². The van der Waals surface area contributed by atoms with Crippen LogP contribution in [0.25, 0.3) is 0 Å². The van der Waals surface area contributed by atoms with E-state index >= 15 is 0 Å². The van der Waals surface area contributed by atoms with Crippen molar-refractivity contribution in [2.75, 3.05) is 25.5 Å². The van der Waals surface area contributed by atoms with E-state index in [-0.39, 0.29) is 35.1 Å². The maximum absolute atomic E-state index is 12.8. The van der Waals surface area contributed by atoms with Gasteiger partial charge in [0.15, 0.2) is 6.29 Å². The molecule has 5 amide bonds. The van der Waals surface area contributed by atoms with Gasteiger partial charge in [0, 0.05) is 24.9 Å². The Bertz CT molecular complexity index is 1450. The maximum atomic E-state index is 12.8. The van der Waals surface area contributed by atoms with Crippen molar-refractivity contribution in [3.63, 3.8) is 0 Å². The van der Waals surface area contributed by atoms with Crippen LogP contribution >= 0.6 is 0 Å². The normalized spacial score (nSPS) is 13.1. The zero-order valence-corrected chi connectivity index (χ0v) is 27.9. The second kappa shape index (κ2) is 16.5. The van der Waals surface area contributed by atoms with Gasteiger partial charge in [-0.15, -0.1) is 4.99 Å².